The van der Waals surface area contributed by atoms with E-state index < -0.39 is 0 Å². The molecule has 0 aromatic carbocycles. The molecule has 132 valence electrons. The van der Waals surface area contributed by atoms with Gasteiger partial charge in [0.05, 0.1) is 6.61 Å². The summed E-state index contributed by atoms with van der Waals surface area (Å²) in [6, 6.07) is 5.36. The minimum absolute atomic E-state index is 0.178. The van der Waals surface area contributed by atoms with Crippen LogP contribution in [0.3, 0.4) is 0 Å². The van der Waals surface area contributed by atoms with Crippen LogP contribution in [0.4, 0.5) is 0 Å². The largest absolute Gasteiger partial charge is 0.478 e. The number of carbonyl (C=O) groups is 1. The second-order valence-corrected chi connectivity index (χ2v) is 6.26. The maximum absolute atomic E-state index is 12.4. The predicted molar refractivity (Wildman–Crippen MR) is 94.9 cm³/mol. The fourth-order valence-corrected chi connectivity index (χ4v) is 2.97. The number of aromatic amines is 1. The second kappa shape index (κ2) is 7.96. The van der Waals surface area contributed by atoms with Crippen molar-refractivity contribution in [3.05, 3.63) is 57.1 Å². The Hall–Kier alpha value is -2.63. The van der Waals surface area contributed by atoms with Crippen LogP contribution in [0, 0.1) is 0 Å². The number of carbonyl (C=O) groups excluding carboxylic acids is 1. The van der Waals surface area contributed by atoms with E-state index in [0.29, 0.717) is 19.0 Å². The molecule has 0 saturated carbocycles. The first-order chi connectivity index (χ1) is 12.2. The molecule has 2 aromatic rings. The van der Waals surface area contributed by atoms with Gasteiger partial charge in [-0.15, -0.1) is 0 Å². The molecule has 0 aliphatic heterocycles. The number of ether oxygens (including phenoxy) is 1. The van der Waals surface area contributed by atoms with Gasteiger partial charge in [-0.2, -0.15) is 0 Å². The summed E-state index contributed by atoms with van der Waals surface area (Å²) in [5.74, 6) is 0.183. The summed E-state index contributed by atoms with van der Waals surface area (Å²) in [5, 5.41) is 2.80. The van der Waals surface area contributed by atoms with E-state index in [2.05, 4.69) is 15.3 Å². The highest BCUT2D eigenvalue weighted by Crippen LogP contribution is 2.18. The lowest BCUT2D eigenvalue weighted by molar-refractivity contribution is 0.0949. The van der Waals surface area contributed by atoms with Gasteiger partial charge in [0.1, 0.15) is 5.56 Å². The van der Waals surface area contributed by atoms with E-state index in [1.54, 1.807) is 18.3 Å². The SMILES string of the molecule is CCCOc1cc(CNC(=O)c2cc3c([nH]c2=O)CCCC3)ccn1. The first kappa shape index (κ1) is 17.2. The monoisotopic (exact) mass is 341 g/mol. The van der Waals surface area contributed by atoms with Gasteiger partial charge >= 0.3 is 0 Å². The summed E-state index contributed by atoms with van der Waals surface area (Å²) >= 11 is 0. The maximum Gasteiger partial charge on any atom is 0.261 e. The van der Waals surface area contributed by atoms with Crippen LogP contribution in [0.5, 0.6) is 5.88 Å². The van der Waals surface area contributed by atoms with Crippen LogP contribution in [0.1, 0.15) is 53.4 Å². The predicted octanol–water partition coefficient (Wildman–Crippen LogP) is 2.37. The lowest BCUT2D eigenvalue weighted by atomic mass is 9.95. The topological polar surface area (TPSA) is 84.1 Å². The number of H-pyrrole nitrogens is 1. The van der Waals surface area contributed by atoms with E-state index in [4.69, 9.17) is 4.74 Å². The lowest BCUT2D eigenvalue weighted by Gasteiger charge is -2.16. The maximum atomic E-state index is 12.4. The summed E-state index contributed by atoms with van der Waals surface area (Å²) < 4.78 is 5.49. The van der Waals surface area contributed by atoms with Crippen molar-refractivity contribution >= 4 is 5.91 Å². The van der Waals surface area contributed by atoms with E-state index in [9.17, 15) is 9.59 Å². The van der Waals surface area contributed by atoms with Crippen molar-refractivity contribution in [2.24, 2.45) is 0 Å². The zero-order valence-corrected chi connectivity index (χ0v) is 14.4. The van der Waals surface area contributed by atoms with Crippen molar-refractivity contribution in [3.63, 3.8) is 0 Å². The van der Waals surface area contributed by atoms with Gasteiger partial charge < -0.3 is 15.0 Å². The molecule has 0 saturated heterocycles. The highest BCUT2D eigenvalue weighted by atomic mass is 16.5. The molecule has 2 aromatic heterocycles. The van der Waals surface area contributed by atoms with Crippen molar-refractivity contribution < 1.29 is 9.53 Å². The fraction of sp³-hybridized carbons (Fsp3) is 0.421. The van der Waals surface area contributed by atoms with Crippen molar-refractivity contribution in [1.82, 2.24) is 15.3 Å². The minimum atomic E-state index is -0.359. The quantitative estimate of drug-likeness (QED) is 0.845. The fourth-order valence-electron chi connectivity index (χ4n) is 2.97. The van der Waals surface area contributed by atoms with Crippen molar-refractivity contribution in [2.75, 3.05) is 6.61 Å². The highest BCUT2D eigenvalue weighted by Gasteiger charge is 2.17. The van der Waals surface area contributed by atoms with Crippen LogP contribution in [0.2, 0.25) is 0 Å². The van der Waals surface area contributed by atoms with E-state index in [-0.39, 0.29) is 17.0 Å². The molecule has 6 heteroatoms. The number of rotatable bonds is 6. The van der Waals surface area contributed by atoms with Gasteiger partial charge in [0.25, 0.3) is 11.5 Å². The molecule has 0 atom stereocenters. The molecule has 2 N–H and O–H groups in total. The molecule has 3 rings (SSSR count). The van der Waals surface area contributed by atoms with Crippen molar-refractivity contribution in [2.45, 2.75) is 45.6 Å². The van der Waals surface area contributed by atoms with Crippen LogP contribution in [0.25, 0.3) is 0 Å². The Bertz CT molecular complexity index is 814. The number of nitrogens with one attached hydrogen (secondary N) is 2. The molecular formula is C19H23N3O3. The molecule has 1 aliphatic rings. The third kappa shape index (κ3) is 4.26. The van der Waals surface area contributed by atoms with Crippen molar-refractivity contribution in [1.29, 1.82) is 0 Å². The summed E-state index contributed by atoms with van der Waals surface area (Å²) in [5.41, 5.74) is 2.79. The summed E-state index contributed by atoms with van der Waals surface area (Å²) in [4.78, 5) is 31.6. The molecular weight excluding hydrogens is 318 g/mol. The number of fused-ring (bicyclic) bond motifs is 1. The molecule has 0 radical (unpaired) electrons. The molecule has 0 unspecified atom stereocenters. The van der Waals surface area contributed by atoms with Crippen molar-refractivity contribution in [3.8, 4) is 5.88 Å². The Morgan fingerprint density at radius 3 is 3.00 bits per heavy atom. The molecule has 1 aliphatic carbocycles. The van der Waals surface area contributed by atoms with Gasteiger partial charge in [-0.05, 0) is 55.4 Å². The van der Waals surface area contributed by atoms with Crippen LogP contribution < -0.4 is 15.6 Å². The number of pyridine rings is 2. The number of hydrogen-bond acceptors (Lipinski definition) is 4. The highest BCUT2D eigenvalue weighted by molar-refractivity contribution is 5.94. The van der Waals surface area contributed by atoms with Gasteiger partial charge in [-0.1, -0.05) is 6.92 Å². The first-order valence-electron chi connectivity index (χ1n) is 8.78. The van der Waals surface area contributed by atoms with Gasteiger partial charge in [0.2, 0.25) is 5.88 Å². The number of aryl methyl sites for hydroxylation is 2. The second-order valence-electron chi connectivity index (χ2n) is 6.26. The van der Waals surface area contributed by atoms with Gasteiger partial charge in [0.15, 0.2) is 0 Å². The Kier molecular flexibility index (Phi) is 5.48. The third-order valence-corrected chi connectivity index (χ3v) is 4.29. The summed E-state index contributed by atoms with van der Waals surface area (Å²) in [6.07, 6.45) is 6.53. The molecule has 0 fully saturated rings. The summed E-state index contributed by atoms with van der Waals surface area (Å²) in [6.45, 7) is 2.95. The number of hydrogen-bond donors (Lipinski definition) is 2. The number of amides is 1. The number of aromatic nitrogens is 2. The van der Waals surface area contributed by atoms with E-state index in [1.165, 1.54) is 0 Å². The zero-order chi connectivity index (χ0) is 17.6. The standard InChI is InChI=1S/C19H23N3O3/c1-2-9-25-17-10-13(7-8-20-17)12-21-18(23)15-11-14-5-3-4-6-16(14)22-19(15)24/h7-8,10-11H,2-6,9,12H2,1H3,(H,21,23)(H,22,24). The summed E-state index contributed by atoms with van der Waals surface area (Å²) in [7, 11) is 0. The van der Waals surface area contributed by atoms with Crippen LogP contribution in [0.15, 0.2) is 29.2 Å². The first-order valence-corrected chi connectivity index (χ1v) is 8.78. The average molecular weight is 341 g/mol. The molecule has 2 heterocycles. The number of nitrogens with zero attached hydrogens (tertiary/aromatic N) is 1. The van der Waals surface area contributed by atoms with Crippen LogP contribution >= 0.6 is 0 Å². The third-order valence-electron chi connectivity index (χ3n) is 4.29. The van der Waals surface area contributed by atoms with E-state index in [0.717, 1.165) is 48.9 Å². The zero-order valence-electron chi connectivity index (χ0n) is 14.4. The molecule has 6 nitrogen and oxygen atoms in total. The van der Waals surface area contributed by atoms with Gasteiger partial charge in [-0.25, -0.2) is 4.98 Å². The normalized spacial score (nSPS) is 13.2. The van der Waals surface area contributed by atoms with Crippen LogP contribution in [-0.4, -0.2) is 22.5 Å². The van der Waals surface area contributed by atoms with E-state index in [1.807, 2.05) is 13.0 Å². The average Bonchev–Trinajstić information content (AvgIpc) is 2.64. The Balaban J connectivity index is 1.68. The van der Waals surface area contributed by atoms with Gasteiger partial charge in [0, 0.05) is 24.5 Å². The molecule has 1 amide bonds. The lowest BCUT2D eigenvalue weighted by Crippen LogP contribution is -2.30. The minimum Gasteiger partial charge on any atom is -0.478 e. The Morgan fingerprint density at radius 2 is 2.16 bits per heavy atom. The smallest absolute Gasteiger partial charge is 0.261 e. The van der Waals surface area contributed by atoms with Gasteiger partial charge in [-0.3, -0.25) is 9.59 Å². The van der Waals surface area contributed by atoms with E-state index >= 15 is 0 Å². The molecule has 0 bridgehead atoms. The Morgan fingerprint density at radius 1 is 1.32 bits per heavy atom. The molecule has 25 heavy (non-hydrogen) atoms. The Labute approximate surface area is 146 Å². The molecule has 0 spiro atoms. The van der Waals surface area contributed by atoms with Crippen LogP contribution in [-0.2, 0) is 19.4 Å².